The molecule has 0 bridgehead atoms. The molecule has 7 heteroatoms. The van der Waals surface area contributed by atoms with Gasteiger partial charge in [0.15, 0.2) is 5.82 Å². The fraction of sp³-hybridized carbons (Fsp3) is 0.0556. The maximum Gasteiger partial charge on any atom is 0.229 e. The molecule has 0 saturated carbocycles. The van der Waals surface area contributed by atoms with Crippen LogP contribution in [0.3, 0.4) is 0 Å². The van der Waals surface area contributed by atoms with E-state index in [-0.39, 0.29) is 0 Å². The second-order valence-corrected chi connectivity index (χ2v) is 5.37. The summed E-state index contributed by atoms with van der Waals surface area (Å²) in [5.74, 6) is 2.60. The number of nitrogens with zero attached hydrogens (tertiary/aromatic N) is 3. The van der Waals surface area contributed by atoms with Gasteiger partial charge in [-0.1, -0.05) is 18.2 Å². The van der Waals surface area contributed by atoms with Crippen LogP contribution < -0.4 is 15.4 Å². The summed E-state index contributed by atoms with van der Waals surface area (Å²) in [6.45, 7) is 0. The molecule has 0 aliphatic rings. The van der Waals surface area contributed by atoms with E-state index < -0.39 is 0 Å². The predicted molar refractivity (Wildman–Crippen MR) is 97.7 cm³/mol. The van der Waals surface area contributed by atoms with Gasteiger partial charge in [0.1, 0.15) is 11.6 Å². The van der Waals surface area contributed by atoms with Gasteiger partial charge in [0, 0.05) is 17.3 Å². The fourth-order valence-electron chi connectivity index (χ4n) is 2.48. The van der Waals surface area contributed by atoms with Crippen molar-refractivity contribution in [2.45, 2.75) is 0 Å². The van der Waals surface area contributed by atoms with Crippen molar-refractivity contribution >= 4 is 34.2 Å². The Hall–Kier alpha value is -3.61. The molecular weight excluding hydrogens is 316 g/mol. The van der Waals surface area contributed by atoms with Crippen LogP contribution in [0.1, 0.15) is 0 Å². The number of fused-ring (bicyclic) bond motifs is 1. The lowest BCUT2D eigenvalue weighted by Gasteiger charge is -2.07. The summed E-state index contributed by atoms with van der Waals surface area (Å²) in [7, 11) is 1.64. The van der Waals surface area contributed by atoms with Crippen LogP contribution >= 0.6 is 0 Å². The highest BCUT2D eigenvalue weighted by molar-refractivity contribution is 5.92. The molecule has 25 heavy (non-hydrogen) atoms. The van der Waals surface area contributed by atoms with Crippen molar-refractivity contribution in [3.63, 3.8) is 0 Å². The lowest BCUT2D eigenvalue weighted by Crippen LogP contribution is -2.00. The molecule has 0 atom stereocenters. The number of hydrogen-bond donors (Lipinski definition) is 3. The second kappa shape index (κ2) is 6.48. The van der Waals surface area contributed by atoms with Crippen molar-refractivity contribution in [1.29, 1.82) is 0 Å². The monoisotopic (exact) mass is 332 g/mol. The van der Waals surface area contributed by atoms with E-state index in [9.17, 15) is 0 Å². The number of methoxy groups -OCH3 is 1. The Kier molecular flexibility index (Phi) is 3.88. The van der Waals surface area contributed by atoms with Crippen molar-refractivity contribution < 1.29 is 4.74 Å². The molecule has 0 amide bonds. The zero-order valence-corrected chi connectivity index (χ0v) is 13.5. The Balaban J connectivity index is 1.60. The molecule has 3 N–H and O–H groups in total. The van der Waals surface area contributed by atoms with Crippen molar-refractivity contribution in [2.24, 2.45) is 0 Å². The smallest absolute Gasteiger partial charge is 0.229 e. The lowest BCUT2D eigenvalue weighted by atomic mass is 10.2. The number of para-hydroxylation sites is 1. The minimum Gasteiger partial charge on any atom is -0.497 e. The highest BCUT2D eigenvalue weighted by Crippen LogP contribution is 2.27. The first kappa shape index (κ1) is 14.9. The first-order valence-corrected chi connectivity index (χ1v) is 7.76. The molecule has 0 radical (unpaired) electrons. The third-order valence-corrected chi connectivity index (χ3v) is 3.70. The standard InChI is InChI=1S/C18H16N6O/c1-25-13-7-8-15-14(11-13)17(24-23-15)21-16-9-10-19-18(22-16)20-12-5-3-2-4-6-12/h2-11H,1H3,(H3,19,20,21,22,23,24). The van der Waals surface area contributed by atoms with Crippen LogP contribution in [0, 0.1) is 0 Å². The number of anilines is 4. The van der Waals surface area contributed by atoms with Crippen LogP contribution in [0.15, 0.2) is 60.8 Å². The topological polar surface area (TPSA) is 87.8 Å². The number of ether oxygens (including phenoxy) is 1. The normalized spacial score (nSPS) is 10.6. The van der Waals surface area contributed by atoms with E-state index in [0.717, 1.165) is 22.3 Å². The fourth-order valence-corrected chi connectivity index (χ4v) is 2.48. The van der Waals surface area contributed by atoms with Crippen LogP contribution in [-0.4, -0.2) is 27.3 Å². The largest absolute Gasteiger partial charge is 0.497 e. The Morgan fingerprint density at radius 1 is 1.00 bits per heavy atom. The molecular formula is C18H16N6O. The first-order valence-electron chi connectivity index (χ1n) is 7.76. The van der Waals surface area contributed by atoms with E-state index in [2.05, 4.69) is 30.8 Å². The molecule has 0 aliphatic carbocycles. The molecule has 7 nitrogen and oxygen atoms in total. The van der Waals surface area contributed by atoms with Crippen molar-refractivity contribution in [3.05, 3.63) is 60.8 Å². The number of hydrogen-bond acceptors (Lipinski definition) is 6. The second-order valence-electron chi connectivity index (χ2n) is 5.37. The summed E-state index contributed by atoms with van der Waals surface area (Å²) in [5, 5.41) is 14.6. The number of benzene rings is 2. The number of nitrogens with one attached hydrogen (secondary N) is 3. The Labute approximate surface area is 144 Å². The van der Waals surface area contributed by atoms with E-state index in [1.165, 1.54) is 0 Å². The van der Waals surface area contributed by atoms with E-state index in [1.807, 2.05) is 48.5 Å². The Morgan fingerprint density at radius 2 is 1.88 bits per heavy atom. The molecule has 0 spiro atoms. The zero-order chi connectivity index (χ0) is 17.1. The van der Waals surface area contributed by atoms with Gasteiger partial charge in [-0.05, 0) is 36.4 Å². The first-order chi connectivity index (χ1) is 12.3. The summed E-state index contributed by atoms with van der Waals surface area (Å²) < 4.78 is 5.28. The molecule has 2 aromatic carbocycles. The van der Waals surface area contributed by atoms with E-state index in [0.29, 0.717) is 17.6 Å². The Bertz CT molecular complexity index is 999. The Morgan fingerprint density at radius 3 is 2.72 bits per heavy atom. The minimum atomic E-state index is 0.508. The van der Waals surface area contributed by atoms with Gasteiger partial charge in [0.25, 0.3) is 0 Å². The zero-order valence-electron chi connectivity index (χ0n) is 13.5. The maximum atomic E-state index is 5.28. The van der Waals surface area contributed by atoms with Gasteiger partial charge in [0.2, 0.25) is 5.95 Å². The van der Waals surface area contributed by atoms with Crippen molar-refractivity contribution in [2.75, 3.05) is 17.7 Å². The summed E-state index contributed by atoms with van der Waals surface area (Å²) in [6, 6.07) is 17.3. The minimum absolute atomic E-state index is 0.508. The van der Waals surface area contributed by atoms with Crippen molar-refractivity contribution in [3.8, 4) is 5.75 Å². The van der Waals surface area contributed by atoms with Gasteiger partial charge in [-0.25, -0.2) is 4.98 Å². The van der Waals surface area contributed by atoms with Gasteiger partial charge < -0.3 is 15.4 Å². The van der Waals surface area contributed by atoms with Gasteiger partial charge in [0.05, 0.1) is 12.6 Å². The highest BCUT2D eigenvalue weighted by atomic mass is 16.5. The van der Waals surface area contributed by atoms with Crippen LogP contribution in [0.5, 0.6) is 5.75 Å². The predicted octanol–water partition coefficient (Wildman–Crippen LogP) is 3.85. The molecule has 0 fully saturated rings. The molecule has 0 saturated heterocycles. The third-order valence-electron chi connectivity index (χ3n) is 3.70. The van der Waals surface area contributed by atoms with Crippen LogP contribution in [-0.2, 0) is 0 Å². The maximum absolute atomic E-state index is 5.28. The quantitative estimate of drug-likeness (QED) is 0.514. The summed E-state index contributed by atoms with van der Waals surface area (Å²) in [6.07, 6.45) is 1.69. The number of aromatic amines is 1. The molecule has 2 heterocycles. The summed E-state index contributed by atoms with van der Waals surface area (Å²) in [5.41, 5.74) is 1.84. The van der Waals surface area contributed by atoms with Gasteiger partial charge >= 0.3 is 0 Å². The molecule has 124 valence electrons. The molecule has 0 unspecified atom stereocenters. The number of H-pyrrole nitrogens is 1. The summed E-state index contributed by atoms with van der Waals surface area (Å²) in [4.78, 5) is 8.72. The van der Waals surface area contributed by atoms with Crippen LogP contribution in [0.4, 0.5) is 23.3 Å². The number of rotatable bonds is 5. The average Bonchev–Trinajstić information content (AvgIpc) is 3.05. The highest BCUT2D eigenvalue weighted by Gasteiger charge is 2.08. The third kappa shape index (κ3) is 3.20. The van der Waals surface area contributed by atoms with Crippen LogP contribution in [0.25, 0.3) is 10.9 Å². The molecule has 4 rings (SSSR count). The molecule has 2 aromatic heterocycles. The van der Waals surface area contributed by atoms with E-state index in [1.54, 1.807) is 19.4 Å². The van der Waals surface area contributed by atoms with E-state index >= 15 is 0 Å². The average molecular weight is 332 g/mol. The van der Waals surface area contributed by atoms with E-state index in [4.69, 9.17) is 4.74 Å². The SMILES string of the molecule is COc1ccc2[nH]nc(Nc3ccnc(Nc4ccccc4)n3)c2c1. The number of aromatic nitrogens is 4. The molecule has 0 aliphatic heterocycles. The van der Waals surface area contributed by atoms with Crippen LogP contribution in [0.2, 0.25) is 0 Å². The van der Waals surface area contributed by atoms with Gasteiger partial charge in [-0.2, -0.15) is 10.1 Å². The lowest BCUT2D eigenvalue weighted by molar-refractivity contribution is 0.415. The van der Waals surface area contributed by atoms with Gasteiger partial charge in [-0.15, -0.1) is 0 Å². The molecule has 4 aromatic rings. The van der Waals surface area contributed by atoms with Gasteiger partial charge in [-0.3, -0.25) is 5.10 Å². The van der Waals surface area contributed by atoms with Crippen molar-refractivity contribution in [1.82, 2.24) is 20.2 Å². The summed E-state index contributed by atoms with van der Waals surface area (Å²) >= 11 is 0.